The Hall–Kier alpha value is -4.13. The van der Waals surface area contributed by atoms with E-state index in [2.05, 4.69) is 0 Å². The summed E-state index contributed by atoms with van der Waals surface area (Å²) >= 11 is 6.86. The van der Waals surface area contributed by atoms with Crippen LogP contribution in [0.2, 0.25) is 5.02 Å². The van der Waals surface area contributed by atoms with Crippen LogP contribution in [0, 0.1) is 0 Å². The van der Waals surface area contributed by atoms with E-state index in [9.17, 15) is 19.2 Å². The molecule has 13 heteroatoms. The fourth-order valence-corrected chi connectivity index (χ4v) is 5.47. The minimum atomic E-state index is -1.44. The molecule has 0 radical (unpaired) electrons. The highest BCUT2D eigenvalue weighted by Crippen LogP contribution is 2.42. The lowest BCUT2D eigenvalue weighted by atomic mass is 9.86. The molecular formula is C33H37ClO12. The van der Waals surface area contributed by atoms with Crippen molar-refractivity contribution >= 4 is 41.2 Å². The van der Waals surface area contributed by atoms with E-state index in [1.807, 2.05) is 30.3 Å². The van der Waals surface area contributed by atoms with Crippen molar-refractivity contribution in [1.82, 2.24) is 0 Å². The normalized spacial score (nSPS) is 23.7. The van der Waals surface area contributed by atoms with Crippen LogP contribution in [-0.4, -0.2) is 74.4 Å². The summed E-state index contributed by atoms with van der Waals surface area (Å²) < 4.78 is 45.5. The number of hydrogen-bond donors (Lipinski definition) is 0. The van der Waals surface area contributed by atoms with Crippen LogP contribution < -0.4 is 4.74 Å². The van der Waals surface area contributed by atoms with Crippen molar-refractivity contribution < 1.29 is 57.1 Å². The lowest BCUT2D eigenvalue weighted by Crippen LogP contribution is -2.63. The van der Waals surface area contributed by atoms with Crippen LogP contribution in [0.15, 0.2) is 54.1 Å². The maximum Gasteiger partial charge on any atom is 0.303 e. The first kappa shape index (κ1) is 34.7. The van der Waals surface area contributed by atoms with Crippen molar-refractivity contribution in [3.8, 4) is 5.75 Å². The average Bonchev–Trinajstić information content (AvgIpc) is 2.97. The zero-order chi connectivity index (χ0) is 33.4. The first-order valence-electron chi connectivity index (χ1n) is 14.6. The van der Waals surface area contributed by atoms with Gasteiger partial charge in [0.1, 0.15) is 24.2 Å². The van der Waals surface area contributed by atoms with Crippen LogP contribution in [0.1, 0.15) is 51.7 Å². The molecular weight excluding hydrogens is 624 g/mol. The Morgan fingerprint density at radius 3 is 2.04 bits per heavy atom. The zero-order valence-electron chi connectivity index (χ0n) is 26.2. The van der Waals surface area contributed by atoms with E-state index >= 15 is 0 Å². The van der Waals surface area contributed by atoms with Crippen molar-refractivity contribution in [3.05, 3.63) is 70.3 Å². The standard InChI is InChI=1S/C33H37ClO12/c1-18(35)40-17-27-30(42-19(2)36)31(43-20(3)37)32(44-21(4)38)33(46-27)45-26-13-9-12-25(28(26)34)29(39-5)23-14-24(15-23)41-16-22-10-7-6-8-11-22/h6-13,24,27,30-33H,14-17H2,1-5H3. The fraction of sp³-hybridized carbons (Fsp3) is 0.455. The van der Waals surface area contributed by atoms with Crippen molar-refractivity contribution in [2.24, 2.45) is 0 Å². The van der Waals surface area contributed by atoms with Gasteiger partial charge in [0.15, 0.2) is 12.2 Å². The Bertz CT molecular complexity index is 1430. The number of methoxy groups -OCH3 is 1. The average molecular weight is 661 g/mol. The third-order valence-corrected chi connectivity index (χ3v) is 7.59. The molecule has 2 aliphatic rings. The second kappa shape index (κ2) is 15.9. The molecule has 1 aliphatic carbocycles. The molecule has 0 spiro atoms. The first-order valence-corrected chi connectivity index (χ1v) is 15.0. The molecule has 12 nitrogen and oxygen atoms in total. The molecule has 1 aliphatic heterocycles. The highest BCUT2D eigenvalue weighted by molar-refractivity contribution is 6.33. The molecule has 0 bridgehead atoms. The van der Waals surface area contributed by atoms with Crippen LogP contribution in [0.4, 0.5) is 0 Å². The van der Waals surface area contributed by atoms with Gasteiger partial charge in [-0.25, -0.2) is 0 Å². The monoisotopic (exact) mass is 660 g/mol. The summed E-state index contributed by atoms with van der Waals surface area (Å²) in [5, 5.41) is 0.174. The molecule has 2 aromatic carbocycles. The number of carbonyl (C=O) groups excluding carboxylic acids is 4. The number of rotatable bonds is 12. The van der Waals surface area contributed by atoms with E-state index in [4.69, 9.17) is 49.5 Å². The van der Waals surface area contributed by atoms with Crippen LogP contribution in [0.3, 0.4) is 0 Å². The van der Waals surface area contributed by atoms with Crippen molar-refractivity contribution in [1.29, 1.82) is 0 Å². The van der Waals surface area contributed by atoms with E-state index in [0.29, 0.717) is 30.8 Å². The largest absolute Gasteiger partial charge is 0.496 e. The Balaban J connectivity index is 1.60. The summed E-state index contributed by atoms with van der Waals surface area (Å²) in [7, 11) is 1.55. The summed E-state index contributed by atoms with van der Waals surface area (Å²) in [6.45, 7) is 4.73. The van der Waals surface area contributed by atoms with Crippen LogP contribution >= 0.6 is 11.6 Å². The van der Waals surface area contributed by atoms with Gasteiger partial charge in [-0.05, 0) is 36.1 Å². The van der Waals surface area contributed by atoms with E-state index in [1.54, 1.807) is 25.3 Å². The molecule has 2 aromatic rings. The lowest BCUT2D eigenvalue weighted by molar-refractivity contribution is -0.288. The van der Waals surface area contributed by atoms with Gasteiger partial charge in [-0.15, -0.1) is 0 Å². The topological polar surface area (TPSA) is 142 Å². The van der Waals surface area contributed by atoms with Crippen LogP contribution in [0.25, 0.3) is 5.76 Å². The van der Waals surface area contributed by atoms with Gasteiger partial charge in [0, 0.05) is 33.3 Å². The highest BCUT2D eigenvalue weighted by Gasteiger charge is 2.53. The van der Waals surface area contributed by atoms with E-state index < -0.39 is 54.6 Å². The Morgan fingerprint density at radius 2 is 1.43 bits per heavy atom. The predicted molar refractivity (Wildman–Crippen MR) is 162 cm³/mol. The minimum Gasteiger partial charge on any atom is -0.496 e. The van der Waals surface area contributed by atoms with Gasteiger partial charge in [0.05, 0.1) is 24.8 Å². The van der Waals surface area contributed by atoms with Crippen molar-refractivity contribution in [2.75, 3.05) is 13.7 Å². The quantitative estimate of drug-likeness (QED) is 0.179. The SMILES string of the molecule is COC(=C1CC(OCc2ccccc2)C1)c1cccc(OC2OC(COC(C)=O)C(OC(C)=O)C(OC(C)=O)C2OC(C)=O)c1Cl. The van der Waals surface area contributed by atoms with Gasteiger partial charge in [-0.3, -0.25) is 19.2 Å². The fourth-order valence-electron chi connectivity index (χ4n) is 5.21. The summed E-state index contributed by atoms with van der Waals surface area (Å²) in [5.74, 6) is -2.18. The second-order valence-corrected chi connectivity index (χ2v) is 11.1. The van der Waals surface area contributed by atoms with E-state index in [0.717, 1.165) is 31.9 Å². The molecule has 1 saturated carbocycles. The molecule has 5 atom stereocenters. The third-order valence-electron chi connectivity index (χ3n) is 7.20. The molecule has 1 heterocycles. The van der Waals surface area contributed by atoms with Gasteiger partial charge in [-0.2, -0.15) is 0 Å². The van der Waals surface area contributed by atoms with E-state index in [-0.39, 0.29) is 23.5 Å². The molecule has 0 N–H and O–H groups in total. The molecule has 5 unspecified atom stereocenters. The van der Waals surface area contributed by atoms with Crippen LogP contribution in [0.5, 0.6) is 5.75 Å². The molecule has 1 saturated heterocycles. The molecule has 0 aromatic heterocycles. The third kappa shape index (κ3) is 8.99. The van der Waals surface area contributed by atoms with Gasteiger partial charge in [-0.1, -0.05) is 48.0 Å². The Kier molecular flexibility index (Phi) is 12.0. The van der Waals surface area contributed by atoms with Crippen molar-refractivity contribution in [3.63, 3.8) is 0 Å². The minimum absolute atomic E-state index is 0.0243. The number of ether oxygens (including phenoxy) is 8. The van der Waals surface area contributed by atoms with E-state index in [1.165, 1.54) is 6.92 Å². The molecule has 0 amide bonds. The Labute approximate surface area is 271 Å². The lowest BCUT2D eigenvalue weighted by Gasteiger charge is -2.44. The highest BCUT2D eigenvalue weighted by atomic mass is 35.5. The van der Waals surface area contributed by atoms with Crippen LogP contribution in [-0.2, 0) is 58.9 Å². The molecule has 2 fully saturated rings. The van der Waals surface area contributed by atoms with Gasteiger partial charge >= 0.3 is 23.9 Å². The van der Waals surface area contributed by atoms with Crippen molar-refractivity contribution in [2.45, 2.75) is 84.0 Å². The first-order chi connectivity index (χ1) is 22.0. The number of carbonyl (C=O) groups is 4. The summed E-state index contributed by atoms with van der Waals surface area (Å²) in [4.78, 5) is 47.9. The number of benzene rings is 2. The maximum absolute atomic E-state index is 12.2. The molecule has 248 valence electrons. The number of hydrogen-bond acceptors (Lipinski definition) is 12. The smallest absolute Gasteiger partial charge is 0.303 e. The number of halogens is 1. The van der Waals surface area contributed by atoms with Gasteiger partial charge < -0.3 is 37.9 Å². The second-order valence-electron chi connectivity index (χ2n) is 10.8. The Morgan fingerprint density at radius 1 is 0.804 bits per heavy atom. The molecule has 46 heavy (non-hydrogen) atoms. The summed E-state index contributed by atoms with van der Waals surface area (Å²) in [6, 6.07) is 14.9. The van der Waals surface area contributed by atoms with Gasteiger partial charge in [0.25, 0.3) is 0 Å². The van der Waals surface area contributed by atoms with Gasteiger partial charge in [0.2, 0.25) is 12.4 Å². The maximum atomic E-state index is 12.2. The predicted octanol–water partition coefficient (Wildman–Crippen LogP) is 4.54. The summed E-state index contributed by atoms with van der Waals surface area (Å²) in [5.41, 5.74) is 2.64. The zero-order valence-corrected chi connectivity index (χ0v) is 26.9. The number of esters is 4. The summed E-state index contributed by atoms with van der Waals surface area (Å²) in [6.07, 6.45) is -5.39. The molecule has 4 rings (SSSR count).